The van der Waals surface area contributed by atoms with Gasteiger partial charge in [0, 0.05) is 27.2 Å². The molecule has 3 aromatic carbocycles. The summed E-state index contributed by atoms with van der Waals surface area (Å²) in [6, 6.07) is 24.8. The molecule has 1 atom stereocenters. The summed E-state index contributed by atoms with van der Waals surface area (Å²) in [4.78, 5) is 25.8. The fourth-order valence-electron chi connectivity index (χ4n) is 2.85. The number of amides is 2. The molecule has 0 bridgehead atoms. The van der Waals surface area contributed by atoms with Crippen LogP contribution in [0.2, 0.25) is 0 Å². The molecule has 3 aromatic rings. The van der Waals surface area contributed by atoms with Gasteiger partial charge in [-0.3, -0.25) is 9.59 Å². The van der Waals surface area contributed by atoms with Crippen molar-refractivity contribution in [2.24, 2.45) is 0 Å². The minimum Gasteiger partial charge on any atom is -0.326 e. The van der Waals surface area contributed by atoms with Gasteiger partial charge in [0.05, 0.1) is 0 Å². The predicted octanol–water partition coefficient (Wildman–Crippen LogP) is 6.66. The first-order valence-electron chi connectivity index (χ1n) is 9.73. The van der Waals surface area contributed by atoms with Crippen LogP contribution in [0.4, 0.5) is 11.4 Å². The van der Waals surface area contributed by atoms with Gasteiger partial charge >= 0.3 is 0 Å². The standard InChI is InChI=1S/C24H23BrN2O2S/c1-2-6-22(28)26-19-13-15-21(16-14-19)30-23(17-7-4-3-5-8-17)24(29)27-20-11-9-18(25)10-12-20/h3-5,7-16,23H,2,6H2,1H3,(H,26,28)(H,27,29). The summed E-state index contributed by atoms with van der Waals surface area (Å²) < 4.78 is 0.959. The molecular formula is C24H23BrN2O2S. The highest BCUT2D eigenvalue weighted by molar-refractivity contribution is 9.10. The van der Waals surface area contributed by atoms with E-state index in [0.717, 1.165) is 32.7 Å². The van der Waals surface area contributed by atoms with Crippen LogP contribution in [0.3, 0.4) is 0 Å². The minimum atomic E-state index is -0.407. The van der Waals surface area contributed by atoms with Crippen molar-refractivity contribution in [2.45, 2.75) is 29.9 Å². The second-order valence-corrected chi connectivity index (χ2v) is 8.82. The molecule has 6 heteroatoms. The van der Waals surface area contributed by atoms with E-state index < -0.39 is 5.25 Å². The summed E-state index contributed by atoms with van der Waals surface area (Å²) in [5.41, 5.74) is 2.43. The highest BCUT2D eigenvalue weighted by Crippen LogP contribution is 2.36. The van der Waals surface area contributed by atoms with Crippen molar-refractivity contribution in [2.75, 3.05) is 10.6 Å². The number of hydrogen-bond acceptors (Lipinski definition) is 3. The topological polar surface area (TPSA) is 58.2 Å². The lowest BCUT2D eigenvalue weighted by Crippen LogP contribution is -2.19. The number of carbonyl (C=O) groups excluding carboxylic acids is 2. The number of rotatable bonds is 8. The zero-order valence-electron chi connectivity index (χ0n) is 16.6. The van der Waals surface area contributed by atoms with Crippen LogP contribution >= 0.6 is 27.7 Å². The maximum Gasteiger partial charge on any atom is 0.242 e. The first kappa shape index (κ1) is 22.1. The van der Waals surface area contributed by atoms with Crippen LogP contribution in [0.5, 0.6) is 0 Å². The Balaban J connectivity index is 1.75. The number of nitrogens with one attached hydrogen (secondary N) is 2. The molecule has 0 saturated heterocycles. The smallest absolute Gasteiger partial charge is 0.242 e. The summed E-state index contributed by atoms with van der Waals surface area (Å²) in [6.07, 6.45) is 1.31. The van der Waals surface area contributed by atoms with E-state index in [0.29, 0.717) is 6.42 Å². The molecular weight excluding hydrogens is 460 g/mol. The molecule has 30 heavy (non-hydrogen) atoms. The van der Waals surface area contributed by atoms with Crippen molar-refractivity contribution in [3.8, 4) is 0 Å². The lowest BCUT2D eigenvalue weighted by atomic mass is 10.1. The van der Waals surface area contributed by atoms with Gasteiger partial charge < -0.3 is 10.6 Å². The second kappa shape index (κ2) is 11.0. The molecule has 154 valence electrons. The third-order valence-corrected chi connectivity index (χ3v) is 6.12. The van der Waals surface area contributed by atoms with E-state index in [4.69, 9.17) is 0 Å². The van der Waals surface area contributed by atoms with Gasteiger partial charge in [-0.1, -0.05) is 53.2 Å². The summed E-state index contributed by atoms with van der Waals surface area (Å²) in [6.45, 7) is 1.97. The fraction of sp³-hybridized carbons (Fsp3) is 0.167. The van der Waals surface area contributed by atoms with Crippen LogP contribution in [0.25, 0.3) is 0 Å². The van der Waals surface area contributed by atoms with Crippen LogP contribution in [-0.2, 0) is 9.59 Å². The van der Waals surface area contributed by atoms with Crippen molar-refractivity contribution < 1.29 is 9.59 Å². The van der Waals surface area contributed by atoms with Crippen molar-refractivity contribution in [3.63, 3.8) is 0 Å². The van der Waals surface area contributed by atoms with Gasteiger partial charge in [-0.15, -0.1) is 11.8 Å². The summed E-state index contributed by atoms with van der Waals surface area (Å²) >= 11 is 4.88. The number of benzene rings is 3. The monoisotopic (exact) mass is 482 g/mol. The van der Waals surface area contributed by atoms with Crippen LogP contribution in [-0.4, -0.2) is 11.8 Å². The Kier molecular flexibility index (Phi) is 8.11. The van der Waals surface area contributed by atoms with Crippen molar-refractivity contribution in [3.05, 3.63) is 88.9 Å². The van der Waals surface area contributed by atoms with Crippen molar-refractivity contribution >= 4 is 50.9 Å². The van der Waals surface area contributed by atoms with E-state index >= 15 is 0 Å². The van der Waals surface area contributed by atoms with E-state index in [-0.39, 0.29) is 11.8 Å². The zero-order valence-corrected chi connectivity index (χ0v) is 19.0. The van der Waals surface area contributed by atoms with Crippen LogP contribution in [0, 0.1) is 0 Å². The van der Waals surface area contributed by atoms with Crippen molar-refractivity contribution in [1.29, 1.82) is 0 Å². The SMILES string of the molecule is CCCC(=O)Nc1ccc(SC(C(=O)Nc2ccc(Br)cc2)c2ccccc2)cc1. The Bertz CT molecular complexity index is 976. The Hall–Kier alpha value is -2.57. The maximum atomic E-state index is 13.1. The first-order chi connectivity index (χ1) is 14.5. The predicted molar refractivity (Wildman–Crippen MR) is 128 cm³/mol. The van der Waals surface area contributed by atoms with Gasteiger partial charge in [0.1, 0.15) is 5.25 Å². The third-order valence-electron chi connectivity index (χ3n) is 4.32. The number of halogens is 1. The van der Waals surface area contributed by atoms with E-state index in [1.807, 2.05) is 85.8 Å². The average Bonchev–Trinajstić information content (AvgIpc) is 2.75. The normalized spacial score (nSPS) is 11.5. The van der Waals surface area contributed by atoms with Gasteiger partial charge in [0.2, 0.25) is 11.8 Å². The highest BCUT2D eigenvalue weighted by atomic mass is 79.9. The molecule has 1 unspecified atom stereocenters. The number of anilines is 2. The Morgan fingerprint density at radius 1 is 0.867 bits per heavy atom. The molecule has 0 aliphatic carbocycles. The van der Waals surface area contributed by atoms with Crippen molar-refractivity contribution in [1.82, 2.24) is 0 Å². The molecule has 2 N–H and O–H groups in total. The Morgan fingerprint density at radius 2 is 1.47 bits per heavy atom. The lowest BCUT2D eigenvalue weighted by molar-refractivity contribution is -0.116. The van der Waals surface area contributed by atoms with Crippen LogP contribution in [0.1, 0.15) is 30.6 Å². The summed E-state index contributed by atoms with van der Waals surface area (Å²) in [5.74, 6) is -0.0808. The summed E-state index contributed by atoms with van der Waals surface area (Å²) in [5, 5.41) is 5.48. The molecule has 2 amide bonds. The van der Waals surface area contributed by atoms with Crippen LogP contribution < -0.4 is 10.6 Å². The largest absolute Gasteiger partial charge is 0.326 e. The molecule has 3 rings (SSSR count). The quantitative estimate of drug-likeness (QED) is 0.352. The Morgan fingerprint density at radius 3 is 2.10 bits per heavy atom. The van der Waals surface area contributed by atoms with E-state index in [2.05, 4.69) is 26.6 Å². The molecule has 0 aliphatic rings. The summed E-state index contributed by atoms with van der Waals surface area (Å²) in [7, 11) is 0. The molecule has 0 aromatic heterocycles. The number of carbonyl (C=O) groups is 2. The van der Waals surface area contributed by atoms with Gasteiger partial charge in [0.25, 0.3) is 0 Å². The second-order valence-electron chi connectivity index (χ2n) is 6.73. The molecule has 0 radical (unpaired) electrons. The molecule has 0 heterocycles. The third kappa shape index (κ3) is 6.47. The average molecular weight is 483 g/mol. The van der Waals surface area contributed by atoms with Gasteiger partial charge in [-0.2, -0.15) is 0 Å². The fourth-order valence-corrected chi connectivity index (χ4v) is 4.13. The molecule has 0 saturated carbocycles. The maximum absolute atomic E-state index is 13.1. The number of thioether (sulfide) groups is 1. The van der Waals surface area contributed by atoms with Gasteiger partial charge in [-0.25, -0.2) is 0 Å². The highest BCUT2D eigenvalue weighted by Gasteiger charge is 2.22. The molecule has 0 spiro atoms. The van der Waals surface area contributed by atoms with Crippen LogP contribution in [0.15, 0.2) is 88.2 Å². The lowest BCUT2D eigenvalue weighted by Gasteiger charge is -2.17. The molecule has 0 fully saturated rings. The molecule has 4 nitrogen and oxygen atoms in total. The van der Waals surface area contributed by atoms with Gasteiger partial charge in [0.15, 0.2) is 0 Å². The van der Waals surface area contributed by atoms with E-state index in [1.165, 1.54) is 11.8 Å². The van der Waals surface area contributed by atoms with E-state index in [9.17, 15) is 9.59 Å². The minimum absolute atomic E-state index is 0.00828. The Labute approximate surface area is 189 Å². The van der Waals surface area contributed by atoms with Gasteiger partial charge in [-0.05, 0) is 60.5 Å². The molecule has 0 aliphatic heterocycles. The number of hydrogen-bond donors (Lipinski definition) is 2. The zero-order chi connectivity index (χ0) is 21.3. The van der Waals surface area contributed by atoms with E-state index in [1.54, 1.807) is 0 Å². The first-order valence-corrected chi connectivity index (χ1v) is 11.4.